The van der Waals surface area contributed by atoms with E-state index in [1.165, 1.54) is 0 Å². The summed E-state index contributed by atoms with van der Waals surface area (Å²) in [5, 5.41) is 16.2. The van der Waals surface area contributed by atoms with Crippen LogP contribution in [0.25, 0.3) is 0 Å². The van der Waals surface area contributed by atoms with Crippen LogP contribution in [-0.2, 0) is 13.0 Å². The summed E-state index contributed by atoms with van der Waals surface area (Å²) in [5.74, 6) is 0.974. The Hall–Kier alpha value is -2.14. The molecule has 5 nitrogen and oxygen atoms in total. The Morgan fingerprint density at radius 1 is 1.22 bits per heavy atom. The van der Waals surface area contributed by atoms with Crippen LogP contribution in [-0.4, -0.2) is 21.6 Å². The third-order valence-corrected chi connectivity index (χ3v) is 3.03. The van der Waals surface area contributed by atoms with E-state index in [-0.39, 0.29) is 5.75 Å². The number of aromatic hydroxyl groups is 1. The summed E-state index contributed by atoms with van der Waals surface area (Å²) in [4.78, 5) is 8.55. The van der Waals surface area contributed by atoms with Gasteiger partial charge in [0.25, 0.3) is 0 Å². The van der Waals surface area contributed by atoms with Gasteiger partial charge in [-0.3, -0.25) is 0 Å². The number of anilines is 2. The number of hydrogen-bond donors (Lipinski definition) is 3. The monoisotopic (exact) mass is 242 g/mol. The van der Waals surface area contributed by atoms with Gasteiger partial charge in [0.15, 0.2) is 0 Å². The Bertz CT molecular complexity index is 571. The van der Waals surface area contributed by atoms with Gasteiger partial charge in [-0.2, -0.15) is 0 Å². The minimum Gasteiger partial charge on any atom is -0.506 e. The Kier molecular flexibility index (Phi) is 2.82. The van der Waals surface area contributed by atoms with Crippen LogP contribution in [0.4, 0.5) is 11.5 Å². The normalized spacial score (nSPS) is 14.0. The van der Waals surface area contributed by atoms with Crippen molar-refractivity contribution in [1.29, 1.82) is 0 Å². The summed E-state index contributed by atoms with van der Waals surface area (Å²) in [7, 11) is 0. The van der Waals surface area contributed by atoms with E-state index in [2.05, 4.69) is 20.6 Å². The molecule has 0 amide bonds. The molecule has 92 valence electrons. The van der Waals surface area contributed by atoms with Crippen LogP contribution in [0.1, 0.15) is 11.3 Å². The molecule has 0 bridgehead atoms. The van der Waals surface area contributed by atoms with E-state index in [9.17, 15) is 5.11 Å². The highest BCUT2D eigenvalue weighted by atomic mass is 16.3. The van der Waals surface area contributed by atoms with Gasteiger partial charge in [0.1, 0.15) is 17.9 Å². The van der Waals surface area contributed by atoms with Crippen LogP contribution in [0.2, 0.25) is 0 Å². The van der Waals surface area contributed by atoms with Gasteiger partial charge < -0.3 is 15.7 Å². The van der Waals surface area contributed by atoms with Crippen molar-refractivity contribution in [3.63, 3.8) is 0 Å². The number of benzene rings is 1. The van der Waals surface area contributed by atoms with Crippen LogP contribution >= 0.6 is 0 Å². The van der Waals surface area contributed by atoms with Crippen molar-refractivity contribution in [1.82, 2.24) is 15.3 Å². The van der Waals surface area contributed by atoms with Gasteiger partial charge in [-0.25, -0.2) is 9.97 Å². The maximum atomic E-state index is 9.75. The number of nitrogens with one attached hydrogen (secondary N) is 2. The molecule has 5 heteroatoms. The van der Waals surface area contributed by atoms with Gasteiger partial charge in [0.05, 0.1) is 11.4 Å². The number of fused-ring (bicyclic) bond motifs is 1. The van der Waals surface area contributed by atoms with Crippen LogP contribution in [0, 0.1) is 0 Å². The fourth-order valence-electron chi connectivity index (χ4n) is 2.08. The number of phenols is 1. The molecule has 2 aromatic rings. The molecule has 2 heterocycles. The van der Waals surface area contributed by atoms with E-state index >= 15 is 0 Å². The minimum absolute atomic E-state index is 0.216. The summed E-state index contributed by atoms with van der Waals surface area (Å²) in [6, 6.07) is 7.12. The highest BCUT2D eigenvalue weighted by Gasteiger charge is 2.15. The van der Waals surface area contributed by atoms with Gasteiger partial charge in [0, 0.05) is 25.1 Å². The Morgan fingerprint density at radius 2 is 2.11 bits per heavy atom. The lowest BCUT2D eigenvalue weighted by Gasteiger charge is -2.19. The number of rotatable bonds is 2. The highest BCUT2D eigenvalue weighted by Crippen LogP contribution is 2.27. The van der Waals surface area contributed by atoms with E-state index in [1.807, 2.05) is 12.1 Å². The van der Waals surface area contributed by atoms with Gasteiger partial charge >= 0.3 is 0 Å². The summed E-state index contributed by atoms with van der Waals surface area (Å²) >= 11 is 0. The van der Waals surface area contributed by atoms with Crippen LogP contribution < -0.4 is 10.6 Å². The molecule has 0 saturated carbocycles. The topological polar surface area (TPSA) is 70.1 Å². The second-order valence-corrected chi connectivity index (χ2v) is 4.22. The standard InChI is InChI=1S/C13H14N4O/c18-12-4-2-1-3-11(12)17-13-9-7-14-6-5-10(9)15-8-16-13/h1-4,8,14,18H,5-7H2,(H,15,16,17). The average Bonchev–Trinajstić information content (AvgIpc) is 2.42. The molecule has 0 aliphatic carbocycles. The Balaban J connectivity index is 1.96. The van der Waals surface area contributed by atoms with Gasteiger partial charge in [-0.1, -0.05) is 12.1 Å². The first-order chi connectivity index (χ1) is 8.84. The molecular formula is C13H14N4O. The van der Waals surface area contributed by atoms with Crippen molar-refractivity contribution in [2.24, 2.45) is 0 Å². The van der Waals surface area contributed by atoms with E-state index in [0.29, 0.717) is 5.69 Å². The molecule has 3 rings (SSSR count). The van der Waals surface area contributed by atoms with Gasteiger partial charge in [0.2, 0.25) is 0 Å². The zero-order valence-electron chi connectivity index (χ0n) is 9.85. The predicted octanol–water partition coefficient (Wildman–Crippen LogP) is 1.57. The lowest BCUT2D eigenvalue weighted by Crippen LogP contribution is -2.25. The van der Waals surface area contributed by atoms with Crippen molar-refractivity contribution in [3.05, 3.63) is 41.9 Å². The van der Waals surface area contributed by atoms with Crippen molar-refractivity contribution in [3.8, 4) is 5.75 Å². The van der Waals surface area contributed by atoms with Crippen molar-refractivity contribution in [2.75, 3.05) is 11.9 Å². The summed E-state index contributed by atoms with van der Waals surface area (Å²) in [5.41, 5.74) is 2.80. The molecule has 0 atom stereocenters. The third-order valence-electron chi connectivity index (χ3n) is 3.03. The Labute approximate surface area is 105 Å². The number of phenolic OH excluding ortho intramolecular Hbond substituents is 1. The average molecular weight is 242 g/mol. The fourth-order valence-corrected chi connectivity index (χ4v) is 2.08. The van der Waals surface area contributed by atoms with Crippen molar-refractivity contribution < 1.29 is 5.11 Å². The molecule has 1 aliphatic rings. The molecule has 0 unspecified atom stereocenters. The number of hydrogen-bond acceptors (Lipinski definition) is 5. The molecule has 0 spiro atoms. The van der Waals surface area contributed by atoms with Crippen LogP contribution in [0.15, 0.2) is 30.6 Å². The van der Waals surface area contributed by atoms with Crippen LogP contribution in [0.3, 0.4) is 0 Å². The zero-order valence-corrected chi connectivity index (χ0v) is 9.85. The number of para-hydroxylation sites is 2. The van der Waals surface area contributed by atoms with Gasteiger partial charge in [-0.05, 0) is 12.1 Å². The molecule has 3 N–H and O–H groups in total. The van der Waals surface area contributed by atoms with E-state index < -0.39 is 0 Å². The molecule has 0 radical (unpaired) electrons. The third kappa shape index (κ3) is 2.00. The molecule has 0 saturated heterocycles. The van der Waals surface area contributed by atoms with E-state index in [0.717, 1.165) is 36.6 Å². The van der Waals surface area contributed by atoms with E-state index in [4.69, 9.17) is 0 Å². The predicted molar refractivity (Wildman–Crippen MR) is 68.8 cm³/mol. The number of aromatic nitrogens is 2. The quantitative estimate of drug-likeness (QED) is 0.697. The SMILES string of the molecule is Oc1ccccc1Nc1ncnc2c1CNCC2. The first-order valence-electron chi connectivity index (χ1n) is 5.93. The van der Waals surface area contributed by atoms with E-state index in [1.54, 1.807) is 18.5 Å². The largest absolute Gasteiger partial charge is 0.506 e. The summed E-state index contributed by atoms with van der Waals surface area (Å²) < 4.78 is 0. The molecular weight excluding hydrogens is 228 g/mol. The van der Waals surface area contributed by atoms with Crippen molar-refractivity contribution >= 4 is 11.5 Å². The number of nitrogens with zero attached hydrogens (tertiary/aromatic N) is 2. The lowest BCUT2D eigenvalue weighted by molar-refractivity contribution is 0.477. The fraction of sp³-hybridized carbons (Fsp3) is 0.231. The maximum Gasteiger partial charge on any atom is 0.139 e. The molecule has 18 heavy (non-hydrogen) atoms. The lowest BCUT2D eigenvalue weighted by atomic mass is 10.1. The maximum absolute atomic E-state index is 9.75. The molecule has 1 aliphatic heterocycles. The first kappa shape index (κ1) is 11.0. The minimum atomic E-state index is 0.216. The molecule has 0 fully saturated rings. The highest BCUT2D eigenvalue weighted by molar-refractivity contribution is 5.65. The van der Waals surface area contributed by atoms with Crippen molar-refractivity contribution in [2.45, 2.75) is 13.0 Å². The summed E-state index contributed by atoms with van der Waals surface area (Å²) in [6.45, 7) is 1.70. The van der Waals surface area contributed by atoms with Crippen LogP contribution in [0.5, 0.6) is 5.75 Å². The van der Waals surface area contributed by atoms with Gasteiger partial charge in [-0.15, -0.1) is 0 Å². The molecule has 1 aromatic carbocycles. The smallest absolute Gasteiger partial charge is 0.139 e. The first-order valence-corrected chi connectivity index (χ1v) is 5.93. The Morgan fingerprint density at radius 3 is 3.00 bits per heavy atom. The zero-order chi connectivity index (χ0) is 12.4. The second kappa shape index (κ2) is 4.62. The molecule has 1 aromatic heterocycles. The summed E-state index contributed by atoms with van der Waals surface area (Å²) in [6.07, 6.45) is 2.47. The second-order valence-electron chi connectivity index (χ2n) is 4.22.